The molecule has 0 N–H and O–H groups in total. The summed E-state index contributed by atoms with van der Waals surface area (Å²) in [7, 11) is 0. The zero-order valence-electron chi connectivity index (χ0n) is 13.0. The minimum atomic E-state index is -2.61. The quantitative estimate of drug-likeness (QED) is 0.705. The molecule has 0 radical (unpaired) electrons. The normalized spacial score (nSPS) is 11.2. The molecule has 3 aromatic rings. The largest absolute Gasteiger partial charge is 0.475 e. The van der Waals surface area contributed by atoms with Gasteiger partial charge in [0.2, 0.25) is 11.7 Å². The molecule has 0 bridgehead atoms. The number of aromatic nitrogens is 4. The van der Waals surface area contributed by atoms with E-state index in [1.807, 2.05) is 13.8 Å². The van der Waals surface area contributed by atoms with Crippen molar-refractivity contribution in [3.05, 3.63) is 42.4 Å². The Morgan fingerprint density at radius 1 is 1.00 bits per heavy atom. The first kappa shape index (κ1) is 16.0. The van der Waals surface area contributed by atoms with Crippen LogP contribution in [0, 0.1) is 0 Å². The minimum Gasteiger partial charge on any atom is -0.475 e. The molecule has 0 aromatic carbocycles. The molecule has 0 aliphatic heterocycles. The Morgan fingerprint density at radius 3 is 2.33 bits per heavy atom. The van der Waals surface area contributed by atoms with Gasteiger partial charge < -0.3 is 9.26 Å². The summed E-state index contributed by atoms with van der Waals surface area (Å²) < 4.78 is 35.7. The number of hydrogen-bond acceptors (Lipinski definition) is 6. The van der Waals surface area contributed by atoms with Crippen molar-refractivity contribution in [2.24, 2.45) is 0 Å². The second-order valence-corrected chi connectivity index (χ2v) is 5.25. The monoisotopic (exact) mass is 332 g/mol. The lowest BCUT2D eigenvalue weighted by Gasteiger charge is -2.07. The first-order chi connectivity index (χ1) is 11.5. The molecular formula is C16H14F2N4O2. The SMILES string of the molecule is CC(C)Oc1ccc(-c2nc(-c3ccc(C(F)F)nc3)no2)cn1. The number of ether oxygens (including phenoxy) is 1. The molecular weight excluding hydrogens is 318 g/mol. The minimum absolute atomic E-state index is 0.0297. The molecule has 0 amide bonds. The molecule has 3 heterocycles. The molecule has 0 unspecified atom stereocenters. The van der Waals surface area contributed by atoms with Gasteiger partial charge in [0.15, 0.2) is 0 Å². The maximum Gasteiger partial charge on any atom is 0.280 e. The summed E-state index contributed by atoms with van der Waals surface area (Å²) in [5, 5.41) is 3.84. The van der Waals surface area contributed by atoms with E-state index in [0.29, 0.717) is 17.0 Å². The zero-order chi connectivity index (χ0) is 17.1. The van der Waals surface area contributed by atoms with Gasteiger partial charge in [-0.15, -0.1) is 0 Å². The van der Waals surface area contributed by atoms with E-state index in [1.165, 1.54) is 18.3 Å². The van der Waals surface area contributed by atoms with Gasteiger partial charge in [0.1, 0.15) is 5.69 Å². The lowest BCUT2D eigenvalue weighted by Crippen LogP contribution is -2.06. The fourth-order valence-electron chi connectivity index (χ4n) is 1.94. The van der Waals surface area contributed by atoms with Gasteiger partial charge >= 0.3 is 0 Å². The average Bonchev–Trinajstić information content (AvgIpc) is 3.05. The molecule has 0 fully saturated rings. The fraction of sp³-hybridized carbons (Fsp3) is 0.250. The third-order valence-electron chi connectivity index (χ3n) is 3.03. The van der Waals surface area contributed by atoms with Gasteiger partial charge in [-0.05, 0) is 32.0 Å². The van der Waals surface area contributed by atoms with Crippen molar-refractivity contribution in [3.8, 4) is 28.7 Å². The van der Waals surface area contributed by atoms with Crippen LogP contribution < -0.4 is 4.74 Å². The molecule has 3 aromatic heterocycles. The third-order valence-corrected chi connectivity index (χ3v) is 3.03. The molecule has 0 saturated carbocycles. The van der Waals surface area contributed by atoms with Crippen LogP contribution in [0.25, 0.3) is 22.8 Å². The second-order valence-electron chi connectivity index (χ2n) is 5.25. The van der Waals surface area contributed by atoms with Gasteiger partial charge in [-0.25, -0.2) is 13.8 Å². The summed E-state index contributed by atoms with van der Waals surface area (Å²) in [5.74, 6) is 1.03. The molecule has 0 aliphatic carbocycles. The van der Waals surface area contributed by atoms with E-state index in [-0.39, 0.29) is 23.5 Å². The number of nitrogens with zero attached hydrogens (tertiary/aromatic N) is 4. The van der Waals surface area contributed by atoms with Crippen LogP contribution in [0.2, 0.25) is 0 Å². The van der Waals surface area contributed by atoms with Crippen LogP contribution in [0.1, 0.15) is 26.0 Å². The number of rotatable bonds is 5. The van der Waals surface area contributed by atoms with Gasteiger partial charge in [0.05, 0.1) is 11.7 Å². The lowest BCUT2D eigenvalue weighted by atomic mass is 10.2. The Kier molecular flexibility index (Phi) is 4.45. The van der Waals surface area contributed by atoms with Crippen LogP contribution >= 0.6 is 0 Å². The highest BCUT2D eigenvalue weighted by atomic mass is 19.3. The summed E-state index contributed by atoms with van der Waals surface area (Å²) in [4.78, 5) is 12.1. The van der Waals surface area contributed by atoms with E-state index in [9.17, 15) is 8.78 Å². The Balaban J connectivity index is 1.80. The van der Waals surface area contributed by atoms with Crippen LogP contribution in [0.4, 0.5) is 8.78 Å². The van der Waals surface area contributed by atoms with Crippen LogP contribution in [-0.4, -0.2) is 26.2 Å². The summed E-state index contributed by atoms with van der Waals surface area (Å²) >= 11 is 0. The Hall–Kier alpha value is -2.90. The number of pyridine rings is 2. The smallest absolute Gasteiger partial charge is 0.280 e. The predicted molar refractivity (Wildman–Crippen MR) is 81.5 cm³/mol. The first-order valence-corrected chi connectivity index (χ1v) is 7.24. The van der Waals surface area contributed by atoms with Crippen LogP contribution in [-0.2, 0) is 0 Å². The number of hydrogen-bond donors (Lipinski definition) is 0. The summed E-state index contributed by atoms with van der Waals surface area (Å²) in [6.07, 6.45) is 0.265. The standard InChI is InChI=1S/C16H14F2N4O2/c1-9(2)23-13-6-4-11(8-20-13)16-21-15(22-24-16)10-3-5-12(14(17)18)19-7-10/h3-9,14H,1-2H3. The summed E-state index contributed by atoms with van der Waals surface area (Å²) in [5.41, 5.74) is 0.816. The number of halogens is 2. The predicted octanol–water partition coefficient (Wildman–Crippen LogP) is 3.92. The highest BCUT2D eigenvalue weighted by molar-refractivity contribution is 5.58. The molecule has 8 heteroatoms. The molecule has 124 valence electrons. The van der Waals surface area contributed by atoms with E-state index in [4.69, 9.17) is 9.26 Å². The van der Waals surface area contributed by atoms with Gasteiger partial charge in [-0.2, -0.15) is 4.98 Å². The molecule has 0 aliphatic rings. The van der Waals surface area contributed by atoms with Crippen molar-refractivity contribution in [2.45, 2.75) is 26.4 Å². The van der Waals surface area contributed by atoms with Crippen LogP contribution in [0.3, 0.4) is 0 Å². The average molecular weight is 332 g/mol. The Bertz CT molecular complexity index is 802. The molecule has 0 atom stereocenters. The Labute approximate surface area is 136 Å². The van der Waals surface area contributed by atoms with Crippen molar-refractivity contribution in [1.29, 1.82) is 0 Å². The maximum atomic E-state index is 12.5. The first-order valence-electron chi connectivity index (χ1n) is 7.24. The topological polar surface area (TPSA) is 73.9 Å². The lowest BCUT2D eigenvalue weighted by molar-refractivity contribution is 0.146. The van der Waals surface area contributed by atoms with E-state index in [2.05, 4.69) is 20.1 Å². The van der Waals surface area contributed by atoms with E-state index < -0.39 is 6.43 Å². The van der Waals surface area contributed by atoms with Crippen molar-refractivity contribution < 1.29 is 18.0 Å². The van der Waals surface area contributed by atoms with E-state index in [0.717, 1.165) is 0 Å². The fourth-order valence-corrected chi connectivity index (χ4v) is 1.94. The van der Waals surface area contributed by atoms with E-state index >= 15 is 0 Å². The van der Waals surface area contributed by atoms with Crippen LogP contribution in [0.5, 0.6) is 5.88 Å². The summed E-state index contributed by atoms with van der Waals surface area (Å²) in [6.45, 7) is 3.82. The highest BCUT2D eigenvalue weighted by Crippen LogP contribution is 2.24. The van der Waals surface area contributed by atoms with E-state index in [1.54, 1.807) is 18.3 Å². The van der Waals surface area contributed by atoms with Gasteiger partial charge in [0.25, 0.3) is 12.3 Å². The molecule has 6 nitrogen and oxygen atoms in total. The molecule has 0 spiro atoms. The summed E-state index contributed by atoms with van der Waals surface area (Å²) in [6, 6.07) is 6.16. The van der Waals surface area contributed by atoms with Crippen molar-refractivity contribution in [3.63, 3.8) is 0 Å². The zero-order valence-corrected chi connectivity index (χ0v) is 13.0. The molecule has 24 heavy (non-hydrogen) atoms. The maximum absolute atomic E-state index is 12.5. The highest BCUT2D eigenvalue weighted by Gasteiger charge is 2.13. The van der Waals surface area contributed by atoms with Crippen molar-refractivity contribution >= 4 is 0 Å². The van der Waals surface area contributed by atoms with Gasteiger partial charge in [-0.1, -0.05) is 5.16 Å². The molecule has 3 rings (SSSR count). The Morgan fingerprint density at radius 2 is 1.75 bits per heavy atom. The van der Waals surface area contributed by atoms with Gasteiger partial charge in [0, 0.05) is 24.0 Å². The van der Waals surface area contributed by atoms with Crippen molar-refractivity contribution in [2.75, 3.05) is 0 Å². The molecule has 0 saturated heterocycles. The van der Waals surface area contributed by atoms with Crippen LogP contribution in [0.15, 0.2) is 41.2 Å². The van der Waals surface area contributed by atoms with Gasteiger partial charge in [-0.3, -0.25) is 4.98 Å². The third kappa shape index (κ3) is 3.53. The number of alkyl halides is 2. The van der Waals surface area contributed by atoms with Crippen molar-refractivity contribution in [1.82, 2.24) is 20.1 Å². The second kappa shape index (κ2) is 6.69.